The van der Waals surface area contributed by atoms with Gasteiger partial charge in [0.1, 0.15) is 5.78 Å². The fourth-order valence-electron chi connectivity index (χ4n) is 1.94. The summed E-state index contributed by atoms with van der Waals surface area (Å²) in [6, 6.07) is 0. The molecule has 0 bridgehead atoms. The van der Waals surface area contributed by atoms with Crippen LogP contribution in [-0.2, 0) is 9.22 Å². The van der Waals surface area contributed by atoms with Gasteiger partial charge < -0.3 is 4.43 Å². The monoisotopic (exact) mass is 268 g/mol. The molecular weight excluding hydrogens is 240 g/mol. The number of carbonyl (C=O) groups is 1. The first-order valence-corrected chi connectivity index (χ1v) is 10.1. The molecule has 0 saturated carbocycles. The van der Waals surface area contributed by atoms with Crippen molar-refractivity contribution in [1.29, 1.82) is 0 Å². The van der Waals surface area contributed by atoms with Crippen LogP contribution in [0.3, 0.4) is 0 Å². The van der Waals surface area contributed by atoms with E-state index in [1.807, 2.05) is 19.9 Å². The average Bonchev–Trinajstić information content (AvgIpc) is 2.29. The van der Waals surface area contributed by atoms with Crippen molar-refractivity contribution in [2.24, 2.45) is 11.8 Å². The maximum atomic E-state index is 11.9. The lowest BCUT2D eigenvalue weighted by atomic mass is 9.89. The third-order valence-corrected chi connectivity index (χ3v) is 3.89. The zero-order chi connectivity index (χ0) is 14.3. The highest BCUT2D eigenvalue weighted by Crippen LogP contribution is 2.24. The largest absolute Gasteiger partial charge is 0.413 e. The van der Waals surface area contributed by atoms with Crippen LogP contribution in [0, 0.1) is 11.8 Å². The topological polar surface area (TPSA) is 26.3 Å². The van der Waals surface area contributed by atoms with Gasteiger partial charge in [0.05, 0.1) is 6.10 Å². The second-order valence-electron chi connectivity index (χ2n) is 5.78. The molecular formula is C15H28O2Si. The fraction of sp³-hybridized carbons (Fsp3) is 0.667. The number of hydrogen-bond acceptors (Lipinski definition) is 2. The molecule has 0 spiro atoms. The van der Waals surface area contributed by atoms with Crippen LogP contribution in [0.1, 0.15) is 27.2 Å². The van der Waals surface area contributed by atoms with Crippen LogP contribution in [0.2, 0.25) is 19.6 Å². The van der Waals surface area contributed by atoms with Gasteiger partial charge in [-0.15, -0.1) is 0 Å². The van der Waals surface area contributed by atoms with Gasteiger partial charge in [0.15, 0.2) is 8.32 Å². The van der Waals surface area contributed by atoms with Crippen LogP contribution < -0.4 is 0 Å². The van der Waals surface area contributed by atoms with E-state index in [2.05, 4.69) is 39.2 Å². The van der Waals surface area contributed by atoms with Crippen molar-refractivity contribution in [3.63, 3.8) is 0 Å². The van der Waals surface area contributed by atoms with Crippen molar-refractivity contribution < 1.29 is 9.22 Å². The van der Waals surface area contributed by atoms with Crippen LogP contribution in [0.5, 0.6) is 0 Å². The Bertz CT molecular complexity index is 302. The fourth-order valence-corrected chi connectivity index (χ4v) is 3.18. The molecule has 0 aliphatic heterocycles. The molecule has 0 aromatic rings. The molecule has 3 heteroatoms. The molecule has 0 aromatic heterocycles. The lowest BCUT2D eigenvalue weighted by Crippen LogP contribution is -2.41. The normalized spacial score (nSPS) is 17.4. The van der Waals surface area contributed by atoms with Crippen LogP contribution >= 0.6 is 0 Å². The quantitative estimate of drug-likeness (QED) is 0.487. The number of Topliss-reactive ketones (excluding diaryl/α,β-unsaturated/α-hetero) is 1. The third-order valence-electron chi connectivity index (χ3n) is 2.91. The SMILES string of the molecule is C=C/C=C/[C@H](C)[C@H](O[Si](C)(C)C)[C@@H](C)C(=O)CC. The van der Waals surface area contributed by atoms with E-state index in [0.717, 1.165) is 0 Å². The van der Waals surface area contributed by atoms with Gasteiger partial charge in [0, 0.05) is 12.3 Å². The standard InChI is InChI=1S/C15H28O2Si/c1-8-10-11-12(3)15(17-18(5,6)7)13(4)14(16)9-2/h8,10-13,15H,1,9H2,2-7H3/b11-10+/t12-,13-,15-/m0/s1. The molecule has 104 valence electrons. The Balaban J connectivity index is 4.97. The molecule has 3 atom stereocenters. The highest BCUT2D eigenvalue weighted by atomic mass is 28.4. The number of carbonyl (C=O) groups excluding carboxylic acids is 1. The van der Waals surface area contributed by atoms with Gasteiger partial charge in [0.2, 0.25) is 0 Å². The second-order valence-corrected chi connectivity index (χ2v) is 10.2. The lowest BCUT2D eigenvalue weighted by Gasteiger charge is -2.33. The molecule has 0 radical (unpaired) electrons. The Hall–Kier alpha value is -0.673. The minimum Gasteiger partial charge on any atom is -0.413 e. The Morgan fingerprint density at radius 1 is 1.33 bits per heavy atom. The molecule has 0 aliphatic carbocycles. The maximum absolute atomic E-state index is 11.9. The van der Waals surface area contributed by atoms with Crippen molar-refractivity contribution in [3.05, 3.63) is 24.8 Å². The smallest absolute Gasteiger partial charge is 0.184 e. The van der Waals surface area contributed by atoms with E-state index in [4.69, 9.17) is 4.43 Å². The van der Waals surface area contributed by atoms with Crippen molar-refractivity contribution >= 4 is 14.1 Å². The molecule has 18 heavy (non-hydrogen) atoms. The Morgan fingerprint density at radius 3 is 2.28 bits per heavy atom. The molecule has 2 nitrogen and oxygen atoms in total. The van der Waals surface area contributed by atoms with Crippen LogP contribution in [-0.4, -0.2) is 20.2 Å². The van der Waals surface area contributed by atoms with Gasteiger partial charge in [-0.25, -0.2) is 0 Å². The van der Waals surface area contributed by atoms with E-state index in [-0.39, 0.29) is 23.7 Å². The molecule has 0 heterocycles. The van der Waals surface area contributed by atoms with Gasteiger partial charge >= 0.3 is 0 Å². The first-order valence-electron chi connectivity index (χ1n) is 6.72. The van der Waals surface area contributed by atoms with Crippen molar-refractivity contribution in [2.45, 2.75) is 52.9 Å². The third kappa shape index (κ3) is 6.31. The summed E-state index contributed by atoms with van der Waals surface area (Å²) in [5, 5.41) is 0. The number of ketones is 1. The average molecular weight is 268 g/mol. The Morgan fingerprint density at radius 2 is 1.89 bits per heavy atom. The number of rotatable bonds is 8. The maximum Gasteiger partial charge on any atom is 0.184 e. The minimum absolute atomic E-state index is 0.0275. The van der Waals surface area contributed by atoms with Crippen molar-refractivity contribution in [1.82, 2.24) is 0 Å². The molecule has 0 aromatic carbocycles. The van der Waals surface area contributed by atoms with Gasteiger partial charge in [0.25, 0.3) is 0 Å². The Kier molecular flexibility index (Phi) is 7.41. The van der Waals surface area contributed by atoms with Crippen LogP contribution in [0.15, 0.2) is 24.8 Å². The summed E-state index contributed by atoms with van der Waals surface area (Å²) in [4.78, 5) is 11.9. The molecule has 0 unspecified atom stereocenters. The summed E-state index contributed by atoms with van der Waals surface area (Å²) in [6.07, 6.45) is 6.30. The zero-order valence-corrected chi connectivity index (χ0v) is 13.7. The van der Waals surface area contributed by atoms with E-state index in [1.165, 1.54) is 0 Å². The predicted octanol–water partition coefficient (Wildman–Crippen LogP) is 4.20. The van der Waals surface area contributed by atoms with Gasteiger partial charge in [-0.2, -0.15) is 0 Å². The number of allylic oxidation sites excluding steroid dienone is 2. The molecule has 0 amide bonds. The lowest BCUT2D eigenvalue weighted by molar-refractivity contribution is -0.125. The first-order chi connectivity index (χ1) is 8.22. The molecule has 0 aliphatic rings. The van der Waals surface area contributed by atoms with E-state index >= 15 is 0 Å². The van der Waals surface area contributed by atoms with E-state index in [0.29, 0.717) is 6.42 Å². The molecule has 0 fully saturated rings. The van der Waals surface area contributed by atoms with Gasteiger partial charge in [-0.1, -0.05) is 45.6 Å². The predicted molar refractivity (Wildman–Crippen MR) is 81.2 cm³/mol. The zero-order valence-electron chi connectivity index (χ0n) is 12.7. The minimum atomic E-state index is -1.66. The highest BCUT2D eigenvalue weighted by molar-refractivity contribution is 6.69. The van der Waals surface area contributed by atoms with Gasteiger partial charge in [-0.05, 0) is 25.6 Å². The summed E-state index contributed by atoms with van der Waals surface area (Å²) in [6.45, 7) is 16.2. The first kappa shape index (κ1) is 17.3. The number of hydrogen-bond donors (Lipinski definition) is 0. The molecule has 0 saturated heterocycles. The highest BCUT2D eigenvalue weighted by Gasteiger charge is 2.31. The summed E-state index contributed by atoms with van der Waals surface area (Å²) in [5.41, 5.74) is 0. The van der Waals surface area contributed by atoms with Crippen LogP contribution in [0.4, 0.5) is 0 Å². The summed E-state index contributed by atoms with van der Waals surface area (Å²) < 4.78 is 6.21. The van der Waals surface area contributed by atoms with Crippen LogP contribution in [0.25, 0.3) is 0 Å². The van der Waals surface area contributed by atoms with Crippen molar-refractivity contribution in [2.75, 3.05) is 0 Å². The van der Waals surface area contributed by atoms with E-state index in [1.54, 1.807) is 6.08 Å². The van der Waals surface area contributed by atoms with Gasteiger partial charge in [-0.3, -0.25) is 4.79 Å². The van der Waals surface area contributed by atoms with Crippen molar-refractivity contribution in [3.8, 4) is 0 Å². The summed E-state index contributed by atoms with van der Waals surface area (Å²) >= 11 is 0. The molecule has 0 rings (SSSR count). The van der Waals surface area contributed by atoms with E-state index < -0.39 is 8.32 Å². The Labute approximate surface area is 113 Å². The van der Waals surface area contributed by atoms with E-state index in [9.17, 15) is 4.79 Å². The summed E-state index contributed by atoms with van der Waals surface area (Å²) in [5.74, 6) is 0.448. The summed E-state index contributed by atoms with van der Waals surface area (Å²) in [7, 11) is -1.66. The molecule has 0 N–H and O–H groups in total. The second kappa shape index (κ2) is 7.69.